The molecule has 2 aliphatic carbocycles. The summed E-state index contributed by atoms with van der Waals surface area (Å²) in [6.07, 6.45) is 6.92. The summed E-state index contributed by atoms with van der Waals surface area (Å²) in [5.41, 5.74) is 0.955. The molecule has 5 heteroatoms. The molecule has 0 amide bonds. The molecule has 1 unspecified atom stereocenters. The number of carbonyl (C=O) groups excluding carboxylic acids is 1. The van der Waals surface area contributed by atoms with Gasteiger partial charge in [-0.25, -0.2) is 0 Å². The van der Waals surface area contributed by atoms with Gasteiger partial charge in [-0.1, -0.05) is 39.3 Å². The van der Waals surface area contributed by atoms with Crippen molar-refractivity contribution >= 4 is 5.78 Å². The van der Waals surface area contributed by atoms with Crippen LogP contribution >= 0.6 is 0 Å². The van der Waals surface area contributed by atoms with E-state index in [2.05, 4.69) is 27.7 Å². The normalized spacial score (nSPS) is 29.3. The fourth-order valence-corrected chi connectivity index (χ4v) is 5.89. The van der Waals surface area contributed by atoms with Gasteiger partial charge in [-0.05, 0) is 61.3 Å². The summed E-state index contributed by atoms with van der Waals surface area (Å²) in [5.74, 6) is 0.488. The van der Waals surface area contributed by atoms with E-state index in [9.17, 15) is 25.2 Å². The number of benzene rings is 1. The van der Waals surface area contributed by atoms with Crippen LogP contribution in [0.4, 0.5) is 0 Å². The number of hydrogen-bond donors (Lipinski definition) is 4. The molecule has 174 valence electrons. The quantitative estimate of drug-likeness (QED) is 0.312. The van der Waals surface area contributed by atoms with Gasteiger partial charge in [-0.2, -0.15) is 0 Å². The third-order valence-electron chi connectivity index (χ3n) is 8.31. The van der Waals surface area contributed by atoms with Gasteiger partial charge < -0.3 is 20.4 Å². The van der Waals surface area contributed by atoms with Gasteiger partial charge in [0.25, 0.3) is 0 Å². The molecule has 1 saturated carbocycles. The monoisotopic (exact) mass is 440 g/mol. The van der Waals surface area contributed by atoms with Crippen LogP contribution in [0.2, 0.25) is 0 Å². The average Bonchev–Trinajstić information content (AvgIpc) is 2.76. The lowest BCUT2D eigenvalue weighted by Gasteiger charge is -2.46. The largest absolute Gasteiger partial charge is 0.512 e. The Morgan fingerprint density at radius 3 is 2.44 bits per heavy atom. The van der Waals surface area contributed by atoms with Crippen LogP contribution in [-0.2, 0) is 11.2 Å². The Morgan fingerprint density at radius 1 is 1.12 bits per heavy atom. The highest BCUT2D eigenvalue weighted by Crippen LogP contribution is 2.69. The molecular weight excluding hydrogens is 404 g/mol. The lowest BCUT2D eigenvalue weighted by molar-refractivity contribution is -0.122. The lowest BCUT2D eigenvalue weighted by Crippen LogP contribution is -2.42. The lowest BCUT2D eigenvalue weighted by atomic mass is 9.56. The Hall–Kier alpha value is -2.69. The third-order valence-corrected chi connectivity index (χ3v) is 8.31. The molecule has 1 aromatic rings. The van der Waals surface area contributed by atoms with Gasteiger partial charge >= 0.3 is 0 Å². The highest BCUT2D eigenvalue weighted by Gasteiger charge is 2.64. The Balaban J connectivity index is 1.76. The number of aliphatic hydroxyl groups excluding tert-OH is 2. The van der Waals surface area contributed by atoms with E-state index in [1.54, 1.807) is 13.0 Å². The highest BCUT2D eigenvalue weighted by atomic mass is 16.3. The standard InChI is InChI=1S/C27H36O5/c1-16(7-8-18-11-19(28)10-17(2)24(18)32)9-20(29)13-26(5)15-22-23(31)12-21(30)14-27(26,6)25(22,3)4/h7,10-12,14,22,28,30-32H,8-9,13,15H2,1-6H3/t22?,26-,27+/m0/s1. The van der Waals surface area contributed by atoms with E-state index in [4.69, 9.17) is 0 Å². The van der Waals surface area contributed by atoms with Crippen molar-refractivity contribution in [1.82, 2.24) is 0 Å². The number of carbonyl (C=O) groups is 1. The number of allylic oxidation sites excluding steroid dienone is 5. The summed E-state index contributed by atoms with van der Waals surface area (Å²) < 4.78 is 0. The maximum absolute atomic E-state index is 13.1. The van der Waals surface area contributed by atoms with Crippen molar-refractivity contribution in [2.45, 2.75) is 67.2 Å². The van der Waals surface area contributed by atoms with Crippen molar-refractivity contribution in [2.24, 2.45) is 22.2 Å². The Labute approximate surface area is 190 Å². The molecule has 0 saturated heterocycles. The maximum Gasteiger partial charge on any atom is 0.137 e. The van der Waals surface area contributed by atoms with Crippen LogP contribution in [0, 0.1) is 29.1 Å². The van der Waals surface area contributed by atoms with E-state index < -0.39 is 10.8 Å². The average molecular weight is 441 g/mol. The molecule has 5 nitrogen and oxygen atoms in total. The zero-order valence-electron chi connectivity index (χ0n) is 20.0. The van der Waals surface area contributed by atoms with Crippen LogP contribution in [0.1, 0.15) is 65.0 Å². The number of fused-ring (bicyclic) bond motifs is 2. The van der Waals surface area contributed by atoms with Gasteiger partial charge in [0, 0.05) is 35.8 Å². The fourth-order valence-electron chi connectivity index (χ4n) is 5.89. The molecule has 4 N–H and O–H groups in total. The van der Waals surface area contributed by atoms with E-state index in [1.165, 1.54) is 12.1 Å². The molecule has 0 heterocycles. The predicted octanol–water partition coefficient (Wildman–Crippen LogP) is 6.20. The van der Waals surface area contributed by atoms with Gasteiger partial charge in [0.1, 0.15) is 23.0 Å². The smallest absolute Gasteiger partial charge is 0.137 e. The second-order valence-electron chi connectivity index (χ2n) is 10.8. The molecule has 3 rings (SSSR count). The SMILES string of the molecule is CC(=CCc1cc(O)cc(C)c1O)CC(=O)C[C@@]1(C)CC2C(O)=CC(O)=C[C@]1(C)C2(C)C. The minimum Gasteiger partial charge on any atom is -0.512 e. The molecule has 32 heavy (non-hydrogen) atoms. The molecule has 1 fully saturated rings. The van der Waals surface area contributed by atoms with E-state index in [1.807, 2.05) is 19.1 Å². The van der Waals surface area contributed by atoms with Crippen molar-refractivity contribution < 1.29 is 25.2 Å². The minimum atomic E-state index is -0.464. The van der Waals surface area contributed by atoms with Crippen molar-refractivity contribution in [3.63, 3.8) is 0 Å². The Kier molecular flexibility index (Phi) is 6.01. The number of phenols is 2. The molecule has 0 aromatic heterocycles. The summed E-state index contributed by atoms with van der Waals surface area (Å²) in [6.45, 7) is 12.0. The first-order chi connectivity index (χ1) is 14.7. The summed E-state index contributed by atoms with van der Waals surface area (Å²) >= 11 is 0. The predicted molar refractivity (Wildman–Crippen MR) is 126 cm³/mol. The Morgan fingerprint density at radius 2 is 1.78 bits per heavy atom. The Bertz CT molecular complexity index is 1030. The molecule has 0 radical (unpaired) electrons. The molecular formula is C27H36O5. The number of rotatable bonds is 6. The number of phenolic OH excluding ortho intramolecular Hbond substituents is 2. The topological polar surface area (TPSA) is 98.0 Å². The number of aromatic hydroxyl groups is 2. The third kappa shape index (κ3) is 3.94. The molecule has 1 aromatic carbocycles. The van der Waals surface area contributed by atoms with Crippen LogP contribution in [0.5, 0.6) is 11.5 Å². The van der Waals surface area contributed by atoms with Crippen molar-refractivity contribution in [1.29, 1.82) is 0 Å². The number of hydrogen-bond acceptors (Lipinski definition) is 5. The minimum absolute atomic E-state index is 0.0521. The highest BCUT2D eigenvalue weighted by molar-refractivity contribution is 5.81. The fraction of sp³-hybridized carbons (Fsp3) is 0.519. The summed E-state index contributed by atoms with van der Waals surface area (Å²) in [4.78, 5) is 13.1. The second kappa shape index (κ2) is 8.02. The van der Waals surface area contributed by atoms with Gasteiger partial charge in [0.15, 0.2) is 0 Å². The molecule has 2 aliphatic rings. The number of aliphatic hydroxyl groups is 2. The number of aryl methyl sites for hydroxylation is 1. The first-order valence-corrected chi connectivity index (χ1v) is 11.2. The number of Topliss-reactive ketones (excluding diaryl/α,β-unsaturated/α-hetero) is 1. The van der Waals surface area contributed by atoms with Crippen LogP contribution in [0.3, 0.4) is 0 Å². The van der Waals surface area contributed by atoms with Crippen molar-refractivity contribution in [3.05, 3.63) is 58.6 Å². The maximum atomic E-state index is 13.1. The van der Waals surface area contributed by atoms with E-state index in [-0.39, 0.29) is 40.1 Å². The van der Waals surface area contributed by atoms with Gasteiger partial charge in [-0.3, -0.25) is 4.79 Å². The first-order valence-electron chi connectivity index (χ1n) is 11.2. The first kappa shape index (κ1) is 24.0. The summed E-state index contributed by atoms with van der Waals surface area (Å²) in [6, 6.07) is 3.06. The summed E-state index contributed by atoms with van der Waals surface area (Å²) in [5, 5.41) is 40.9. The van der Waals surface area contributed by atoms with Gasteiger partial charge in [-0.15, -0.1) is 0 Å². The van der Waals surface area contributed by atoms with Gasteiger partial charge in [0.2, 0.25) is 0 Å². The van der Waals surface area contributed by atoms with E-state index in [0.717, 1.165) is 5.57 Å². The van der Waals surface area contributed by atoms with Crippen LogP contribution in [-0.4, -0.2) is 26.2 Å². The zero-order valence-corrected chi connectivity index (χ0v) is 20.0. The summed E-state index contributed by atoms with van der Waals surface area (Å²) in [7, 11) is 0. The molecule has 3 atom stereocenters. The molecule has 2 bridgehead atoms. The van der Waals surface area contributed by atoms with Gasteiger partial charge in [0.05, 0.1) is 5.76 Å². The van der Waals surface area contributed by atoms with Crippen LogP contribution in [0.15, 0.2) is 47.5 Å². The van der Waals surface area contributed by atoms with Crippen molar-refractivity contribution in [3.8, 4) is 11.5 Å². The van der Waals surface area contributed by atoms with Crippen LogP contribution < -0.4 is 0 Å². The number of ketones is 1. The van der Waals surface area contributed by atoms with Crippen molar-refractivity contribution in [2.75, 3.05) is 0 Å². The van der Waals surface area contributed by atoms with Crippen LogP contribution in [0.25, 0.3) is 0 Å². The van der Waals surface area contributed by atoms with E-state index in [0.29, 0.717) is 36.8 Å². The van der Waals surface area contributed by atoms with E-state index >= 15 is 0 Å². The zero-order chi connectivity index (χ0) is 24.1. The molecule has 0 aliphatic heterocycles. The second-order valence-corrected chi connectivity index (χ2v) is 10.8. The molecule has 0 spiro atoms.